The SMILES string of the molecule is CN1C(=O)CC(NC(=O)c2cc3c(cn2)CN(C2=NOC(c4cc(Cl)cc(Cl)c4)(C(F)(F)F)C2)C3)C1=O. The topological polar surface area (TPSA) is 104 Å². The van der Waals surface area contributed by atoms with Gasteiger partial charge in [-0.25, -0.2) is 0 Å². The average molecular weight is 556 g/mol. The number of likely N-dealkylation sites (N-methyl/N-ethyl adjacent to an activating group) is 1. The standard InChI is InChI=1S/C23H18Cl2F3N5O4/c1-32-19(34)6-17(21(32)36)30-20(35)16-2-11-9-33(10-12(11)8-29-16)18-7-22(37-31-18,23(26,27)28)13-3-14(24)5-15(25)4-13/h2-5,8,17H,6-7,9-10H2,1H3,(H,30,35). The molecule has 1 N–H and O–H groups in total. The molecule has 0 radical (unpaired) electrons. The van der Waals surface area contributed by atoms with Gasteiger partial charge in [0.2, 0.25) is 5.91 Å². The molecular weight excluding hydrogens is 538 g/mol. The number of likely N-dealkylation sites (tertiary alicyclic amines) is 1. The van der Waals surface area contributed by atoms with Crippen molar-refractivity contribution in [3.8, 4) is 0 Å². The first-order chi connectivity index (χ1) is 17.4. The number of amidine groups is 1. The van der Waals surface area contributed by atoms with Crippen LogP contribution in [0.5, 0.6) is 0 Å². The Hall–Kier alpha value is -3.38. The molecule has 3 aliphatic heterocycles. The highest BCUT2D eigenvalue weighted by Gasteiger charge is 2.63. The minimum absolute atomic E-state index is 0.0122. The first-order valence-corrected chi connectivity index (χ1v) is 11.8. The number of pyridine rings is 1. The van der Waals surface area contributed by atoms with E-state index in [0.717, 1.165) is 17.0 Å². The molecule has 2 aromatic rings. The Morgan fingerprint density at radius 3 is 2.43 bits per heavy atom. The number of aromatic nitrogens is 1. The van der Waals surface area contributed by atoms with Gasteiger partial charge < -0.3 is 15.1 Å². The molecule has 0 saturated carbocycles. The molecule has 2 atom stereocenters. The lowest BCUT2D eigenvalue weighted by Crippen LogP contribution is -2.43. The summed E-state index contributed by atoms with van der Waals surface area (Å²) in [6.45, 7) is 0.366. The summed E-state index contributed by atoms with van der Waals surface area (Å²) in [6.07, 6.45) is -4.12. The Morgan fingerprint density at radius 1 is 1.14 bits per heavy atom. The van der Waals surface area contributed by atoms with E-state index in [9.17, 15) is 27.6 Å². The van der Waals surface area contributed by atoms with Crippen LogP contribution < -0.4 is 5.32 Å². The Balaban J connectivity index is 1.32. The lowest BCUT2D eigenvalue weighted by Gasteiger charge is -2.30. The molecule has 37 heavy (non-hydrogen) atoms. The molecule has 2 unspecified atom stereocenters. The summed E-state index contributed by atoms with van der Waals surface area (Å²) in [7, 11) is 1.34. The molecule has 9 nitrogen and oxygen atoms in total. The summed E-state index contributed by atoms with van der Waals surface area (Å²) >= 11 is 11.9. The highest BCUT2D eigenvalue weighted by Crippen LogP contribution is 2.49. The number of nitrogens with one attached hydrogen (secondary N) is 1. The number of rotatable bonds is 3. The Bertz CT molecular complexity index is 1350. The molecular formula is C23H18Cl2F3N5O4. The number of imide groups is 1. The maximum atomic E-state index is 14.3. The second kappa shape index (κ2) is 8.88. The monoisotopic (exact) mass is 555 g/mol. The van der Waals surface area contributed by atoms with Crippen molar-refractivity contribution >= 4 is 46.8 Å². The third kappa shape index (κ3) is 4.37. The number of nitrogens with zero attached hydrogens (tertiary/aromatic N) is 4. The van der Waals surface area contributed by atoms with Crippen molar-refractivity contribution in [1.29, 1.82) is 0 Å². The van der Waals surface area contributed by atoms with E-state index in [1.165, 1.54) is 25.4 Å². The molecule has 194 valence electrons. The van der Waals surface area contributed by atoms with Crippen molar-refractivity contribution in [1.82, 2.24) is 20.1 Å². The largest absolute Gasteiger partial charge is 0.435 e. The van der Waals surface area contributed by atoms with Crippen molar-refractivity contribution in [2.24, 2.45) is 5.16 Å². The van der Waals surface area contributed by atoms with Crippen molar-refractivity contribution in [3.63, 3.8) is 0 Å². The fourth-order valence-corrected chi connectivity index (χ4v) is 5.06. The number of fused-ring (bicyclic) bond motifs is 1. The van der Waals surface area contributed by atoms with E-state index in [1.54, 1.807) is 4.90 Å². The van der Waals surface area contributed by atoms with Crippen LogP contribution in [0.15, 0.2) is 35.6 Å². The molecule has 0 aliphatic carbocycles. The molecule has 4 heterocycles. The number of halogens is 5. The van der Waals surface area contributed by atoms with Gasteiger partial charge in [-0.1, -0.05) is 28.4 Å². The van der Waals surface area contributed by atoms with E-state index in [4.69, 9.17) is 28.0 Å². The van der Waals surface area contributed by atoms with Crippen molar-refractivity contribution in [2.75, 3.05) is 7.05 Å². The first-order valence-electron chi connectivity index (χ1n) is 11.0. The summed E-state index contributed by atoms with van der Waals surface area (Å²) in [5, 5.41) is 6.33. The van der Waals surface area contributed by atoms with Gasteiger partial charge in [0.05, 0.1) is 12.8 Å². The zero-order chi connectivity index (χ0) is 26.7. The Kier molecular flexibility index (Phi) is 6.06. The van der Waals surface area contributed by atoms with Crippen LogP contribution in [0, 0.1) is 0 Å². The summed E-state index contributed by atoms with van der Waals surface area (Å²) < 4.78 is 42.8. The third-order valence-corrected chi connectivity index (χ3v) is 7.03. The van der Waals surface area contributed by atoms with Gasteiger partial charge in [-0.2, -0.15) is 13.2 Å². The minimum Gasteiger partial charge on any atom is -0.372 e. The smallest absolute Gasteiger partial charge is 0.372 e. The van der Waals surface area contributed by atoms with Crippen LogP contribution in [0.4, 0.5) is 13.2 Å². The number of hydrogen-bond donors (Lipinski definition) is 1. The molecule has 3 amide bonds. The van der Waals surface area contributed by atoms with Crippen LogP contribution in [-0.4, -0.2) is 57.6 Å². The van der Waals surface area contributed by atoms with Gasteiger partial charge in [0.25, 0.3) is 17.4 Å². The lowest BCUT2D eigenvalue weighted by atomic mass is 9.89. The van der Waals surface area contributed by atoms with Crippen LogP contribution in [0.1, 0.15) is 40.0 Å². The lowest BCUT2D eigenvalue weighted by molar-refractivity contribution is -0.275. The average Bonchev–Trinajstić information content (AvgIpc) is 3.51. The van der Waals surface area contributed by atoms with Gasteiger partial charge in [-0.15, -0.1) is 0 Å². The fraction of sp³-hybridized carbons (Fsp3) is 0.348. The highest BCUT2D eigenvalue weighted by atomic mass is 35.5. The molecule has 1 aromatic carbocycles. The second-order valence-electron chi connectivity index (χ2n) is 8.97. The Morgan fingerprint density at radius 2 is 1.81 bits per heavy atom. The van der Waals surface area contributed by atoms with Crippen LogP contribution in [-0.2, 0) is 33.1 Å². The van der Waals surface area contributed by atoms with E-state index in [1.807, 2.05) is 0 Å². The summed E-state index contributed by atoms with van der Waals surface area (Å²) in [4.78, 5) is 48.1. The van der Waals surface area contributed by atoms with Crippen LogP contribution in [0.25, 0.3) is 0 Å². The number of carbonyl (C=O) groups is 3. The maximum absolute atomic E-state index is 14.3. The van der Waals surface area contributed by atoms with Gasteiger partial charge in [-0.05, 0) is 35.4 Å². The van der Waals surface area contributed by atoms with Gasteiger partial charge in [0.15, 0.2) is 0 Å². The normalized spacial score (nSPS) is 23.3. The molecule has 1 aromatic heterocycles. The van der Waals surface area contributed by atoms with Gasteiger partial charge >= 0.3 is 6.18 Å². The third-order valence-electron chi connectivity index (χ3n) is 6.59. The van der Waals surface area contributed by atoms with E-state index in [2.05, 4.69) is 15.5 Å². The summed E-state index contributed by atoms with van der Waals surface area (Å²) in [5.41, 5.74) is -1.66. The number of oxime groups is 1. The molecule has 1 fully saturated rings. The molecule has 0 spiro atoms. The summed E-state index contributed by atoms with van der Waals surface area (Å²) in [6, 6.07) is 4.14. The predicted molar refractivity (Wildman–Crippen MR) is 124 cm³/mol. The Labute approximate surface area is 218 Å². The summed E-state index contributed by atoms with van der Waals surface area (Å²) in [5.74, 6) is -1.49. The number of benzene rings is 1. The number of alkyl halides is 3. The number of hydrogen-bond acceptors (Lipinski definition) is 7. The van der Waals surface area contributed by atoms with Crippen molar-refractivity contribution in [3.05, 3.63) is 62.9 Å². The van der Waals surface area contributed by atoms with Crippen molar-refractivity contribution in [2.45, 2.75) is 43.8 Å². The molecule has 5 rings (SSSR count). The fourth-order valence-electron chi connectivity index (χ4n) is 4.53. The van der Waals surface area contributed by atoms with Crippen molar-refractivity contribution < 1.29 is 32.4 Å². The molecule has 14 heteroatoms. The van der Waals surface area contributed by atoms with Gasteiger partial charge in [0.1, 0.15) is 17.6 Å². The number of amides is 3. The maximum Gasteiger partial charge on any atom is 0.435 e. The van der Waals surface area contributed by atoms with Crippen LogP contribution in [0.3, 0.4) is 0 Å². The zero-order valence-electron chi connectivity index (χ0n) is 19.1. The molecule has 0 bridgehead atoms. The van der Waals surface area contributed by atoms with E-state index < -0.39 is 42.0 Å². The molecule has 1 saturated heterocycles. The van der Waals surface area contributed by atoms with Gasteiger partial charge in [0, 0.05) is 41.9 Å². The number of carbonyl (C=O) groups excluding carboxylic acids is 3. The second-order valence-corrected chi connectivity index (χ2v) is 9.85. The first kappa shape index (κ1) is 25.3. The van der Waals surface area contributed by atoms with E-state index in [0.29, 0.717) is 11.1 Å². The van der Waals surface area contributed by atoms with E-state index in [-0.39, 0.29) is 46.6 Å². The predicted octanol–water partition coefficient (Wildman–Crippen LogP) is 3.38. The molecule has 3 aliphatic rings. The zero-order valence-corrected chi connectivity index (χ0v) is 20.6. The van der Waals surface area contributed by atoms with Crippen LogP contribution in [0.2, 0.25) is 10.0 Å². The van der Waals surface area contributed by atoms with Gasteiger partial charge in [-0.3, -0.25) is 24.3 Å². The highest BCUT2D eigenvalue weighted by molar-refractivity contribution is 6.34. The van der Waals surface area contributed by atoms with E-state index >= 15 is 0 Å². The quantitative estimate of drug-likeness (QED) is 0.582. The van der Waals surface area contributed by atoms with Crippen LogP contribution >= 0.6 is 23.2 Å². The minimum atomic E-state index is -4.82.